The van der Waals surface area contributed by atoms with Gasteiger partial charge in [-0.1, -0.05) is 23.7 Å². The molecule has 2 heterocycles. The van der Waals surface area contributed by atoms with Crippen molar-refractivity contribution in [3.63, 3.8) is 0 Å². The zero-order chi connectivity index (χ0) is 18.1. The van der Waals surface area contributed by atoms with Crippen LogP contribution in [0.3, 0.4) is 0 Å². The van der Waals surface area contributed by atoms with E-state index in [4.69, 9.17) is 17.3 Å². The van der Waals surface area contributed by atoms with Gasteiger partial charge < -0.3 is 11.1 Å². The van der Waals surface area contributed by atoms with Gasteiger partial charge in [-0.2, -0.15) is 5.10 Å². The molecule has 0 bridgehead atoms. The molecule has 3 rings (SSSR count). The van der Waals surface area contributed by atoms with Crippen molar-refractivity contribution in [2.24, 2.45) is 0 Å². The number of hydrogen-bond acceptors (Lipinski definition) is 4. The highest BCUT2D eigenvalue weighted by Gasteiger charge is 2.23. The molecule has 1 amide bonds. The molecular weight excluding hydrogens is 345 g/mol. The standard InChI is InChI=1S/C17H15ClFN5O/c1-9-4-3-5-12(19)15(9)24-16(20)14(10(2)23-24)17(25)22-13-7-6-11(18)8-21-13/h3-8H,20H2,1-2H3,(H,21,22,25). The number of para-hydroxylation sites is 1. The predicted molar refractivity (Wildman–Crippen MR) is 94.6 cm³/mol. The minimum Gasteiger partial charge on any atom is -0.383 e. The third kappa shape index (κ3) is 3.18. The van der Waals surface area contributed by atoms with E-state index in [1.54, 1.807) is 38.1 Å². The van der Waals surface area contributed by atoms with Crippen LogP contribution in [0.1, 0.15) is 21.6 Å². The second-order valence-corrected chi connectivity index (χ2v) is 5.92. The molecule has 3 N–H and O–H groups in total. The van der Waals surface area contributed by atoms with Crippen LogP contribution in [0.2, 0.25) is 5.02 Å². The molecule has 25 heavy (non-hydrogen) atoms. The third-order valence-electron chi connectivity index (χ3n) is 3.69. The van der Waals surface area contributed by atoms with E-state index in [0.717, 1.165) is 0 Å². The Morgan fingerprint density at radius 3 is 2.68 bits per heavy atom. The minimum atomic E-state index is -0.481. The first kappa shape index (κ1) is 16.9. The number of hydrogen-bond donors (Lipinski definition) is 2. The summed E-state index contributed by atoms with van der Waals surface area (Å²) < 4.78 is 15.4. The number of benzene rings is 1. The quantitative estimate of drug-likeness (QED) is 0.749. The fraction of sp³-hybridized carbons (Fsp3) is 0.118. The van der Waals surface area contributed by atoms with E-state index in [9.17, 15) is 9.18 Å². The molecule has 1 aromatic carbocycles. The maximum Gasteiger partial charge on any atom is 0.262 e. The van der Waals surface area contributed by atoms with E-state index >= 15 is 0 Å². The summed E-state index contributed by atoms with van der Waals surface area (Å²) in [6.45, 7) is 3.37. The van der Waals surface area contributed by atoms with Crippen molar-refractivity contribution in [2.75, 3.05) is 11.1 Å². The number of nitrogens with zero attached hydrogens (tertiary/aromatic N) is 3. The van der Waals surface area contributed by atoms with Crippen LogP contribution in [0.4, 0.5) is 16.0 Å². The number of nitrogens with two attached hydrogens (primary N) is 1. The Morgan fingerprint density at radius 2 is 2.04 bits per heavy atom. The lowest BCUT2D eigenvalue weighted by Crippen LogP contribution is -2.16. The molecule has 2 aromatic heterocycles. The van der Waals surface area contributed by atoms with Crippen LogP contribution in [-0.4, -0.2) is 20.7 Å². The predicted octanol–water partition coefficient (Wildman–Crippen LogP) is 3.51. The lowest BCUT2D eigenvalue weighted by molar-refractivity contribution is 0.102. The molecule has 0 aliphatic carbocycles. The molecule has 0 aliphatic rings. The average molecular weight is 360 g/mol. The number of aryl methyl sites for hydroxylation is 2. The normalized spacial score (nSPS) is 10.7. The van der Waals surface area contributed by atoms with E-state index in [2.05, 4.69) is 15.4 Å². The minimum absolute atomic E-state index is 0.0529. The molecular formula is C17H15ClFN5O. The van der Waals surface area contributed by atoms with Crippen molar-refractivity contribution in [3.05, 3.63) is 64.2 Å². The van der Waals surface area contributed by atoms with Crippen molar-refractivity contribution < 1.29 is 9.18 Å². The molecule has 3 aromatic rings. The van der Waals surface area contributed by atoms with Gasteiger partial charge >= 0.3 is 0 Å². The summed E-state index contributed by atoms with van der Waals surface area (Å²) in [5.41, 5.74) is 7.50. The molecule has 0 radical (unpaired) electrons. The Morgan fingerprint density at radius 1 is 1.28 bits per heavy atom. The number of amides is 1. The fourth-order valence-corrected chi connectivity index (χ4v) is 2.63. The summed E-state index contributed by atoms with van der Waals surface area (Å²) in [4.78, 5) is 16.5. The first-order chi connectivity index (χ1) is 11.9. The number of carbonyl (C=O) groups excluding carboxylic acids is 1. The van der Waals surface area contributed by atoms with Crippen LogP contribution in [0, 0.1) is 19.7 Å². The van der Waals surface area contributed by atoms with Crippen molar-refractivity contribution >= 4 is 29.1 Å². The third-order valence-corrected chi connectivity index (χ3v) is 3.92. The van der Waals surface area contributed by atoms with Gasteiger partial charge in [-0.15, -0.1) is 0 Å². The van der Waals surface area contributed by atoms with Crippen molar-refractivity contribution in [3.8, 4) is 5.69 Å². The Balaban J connectivity index is 2.00. The van der Waals surface area contributed by atoms with E-state index < -0.39 is 11.7 Å². The van der Waals surface area contributed by atoms with Gasteiger partial charge in [-0.05, 0) is 37.6 Å². The highest BCUT2D eigenvalue weighted by atomic mass is 35.5. The lowest BCUT2D eigenvalue weighted by Gasteiger charge is -2.09. The smallest absolute Gasteiger partial charge is 0.262 e. The maximum atomic E-state index is 14.2. The molecule has 0 fully saturated rings. The lowest BCUT2D eigenvalue weighted by atomic mass is 10.2. The molecule has 8 heteroatoms. The molecule has 0 unspecified atom stereocenters. The van der Waals surface area contributed by atoms with Gasteiger partial charge in [-0.25, -0.2) is 14.1 Å². The summed E-state index contributed by atoms with van der Waals surface area (Å²) >= 11 is 5.77. The number of halogens is 2. The first-order valence-corrected chi connectivity index (χ1v) is 7.79. The number of pyridine rings is 1. The van der Waals surface area contributed by atoms with Crippen LogP contribution in [0.25, 0.3) is 5.69 Å². The second kappa shape index (κ2) is 6.52. The van der Waals surface area contributed by atoms with Gasteiger partial charge in [0.1, 0.15) is 28.7 Å². The summed E-state index contributed by atoms with van der Waals surface area (Å²) in [6, 6.07) is 7.83. The Kier molecular flexibility index (Phi) is 4.41. The van der Waals surface area contributed by atoms with Crippen LogP contribution in [-0.2, 0) is 0 Å². The summed E-state index contributed by atoms with van der Waals surface area (Å²) in [5.74, 6) is -0.578. The van der Waals surface area contributed by atoms with Crippen LogP contribution in [0.15, 0.2) is 36.5 Å². The number of anilines is 2. The number of nitrogens with one attached hydrogen (secondary N) is 1. The second-order valence-electron chi connectivity index (χ2n) is 5.48. The van der Waals surface area contributed by atoms with Crippen LogP contribution in [0.5, 0.6) is 0 Å². The molecule has 0 spiro atoms. The zero-order valence-corrected chi connectivity index (χ0v) is 14.3. The molecule has 0 saturated heterocycles. The molecule has 0 aliphatic heterocycles. The van der Waals surface area contributed by atoms with Crippen molar-refractivity contribution in [2.45, 2.75) is 13.8 Å². The largest absolute Gasteiger partial charge is 0.383 e. The maximum absolute atomic E-state index is 14.2. The number of aromatic nitrogens is 3. The number of carbonyl (C=O) groups is 1. The van der Waals surface area contributed by atoms with Crippen molar-refractivity contribution in [1.29, 1.82) is 0 Å². The van der Waals surface area contributed by atoms with Crippen LogP contribution >= 0.6 is 11.6 Å². The Bertz CT molecular complexity index is 932. The zero-order valence-electron chi connectivity index (χ0n) is 13.5. The van der Waals surface area contributed by atoms with E-state index in [-0.39, 0.29) is 17.1 Å². The summed E-state index contributed by atoms with van der Waals surface area (Å²) in [6.07, 6.45) is 1.42. The van der Waals surface area contributed by atoms with E-state index in [1.807, 2.05) is 0 Å². The van der Waals surface area contributed by atoms with Gasteiger partial charge in [-0.3, -0.25) is 4.79 Å². The summed E-state index contributed by atoms with van der Waals surface area (Å²) in [5, 5.41) is 7.31. The number of rotatable bonds is 3. The molecule has 0 saturated carbocycles. The van der Waals surface area contributed by atoms with E-state index in [0.29, 0.717) is 22.1 Å². The van der Waals surface area contributed by atoms with Gasteiger partial charge in [0.15, 0.2) is 0 Å². The molecule has 128 valence electrons. The SMILES string of the molecule is Cc1cccc(F)c1-n1nc(C)c(C(=O)Nc2ccc(Cl)cn2)c1N. The summed E-state index contributed by atoms with van der Waals surface area (Å²) in [7, 11) is 0. The van der Waals surface area contributed by atoms with Gasteiger partial charge in [0.05, 0.1) is 10.7 Å². The highest BCUT2D eigenvalue weighted by Crippen LogP contribution is 2.25. The van der Waals surface area contributed by atoms with E-state index in [1.165, 1.54) is 16.9 Å². The highest BCUT2D eigenvalue weighted by molar-refractivity contribution is 6.30. The Hall–Kier alpha value is -2.93. The monoisotopic (exact) mass is 359 g/mol. The molecule has 6 nitrogen and oxygen atoms in total. The fourth-order valence-electron chi connectivity index (χ4n) is 2.52. The van der Waals surface area contributed by atoms with Gasteiger partial charge in [0.2, 0.25) is 0 Å². The average Bonchev–Trinajstić information content (AvgIpc) is 2.84. The van der Waals surface area contributed by atoms with Gasteiger partial charge in [0, 0.05) is 6.20 Å². The molecule has 0 atom stereocenters. The number of nitrogen functional groups attached to an aromatic ring is 1. The van der Waals surface area contributed by atoms with Crippen LogP contribution < -0.4 is 11.1 Å². The van der Waals surface area contributed by atoms with Crippen molar-refractivity contribution in [1.82, 2.24) is 14.8 Å². The Labute approximate surface area is 148 Å². The topological polar surface area (TPSA) is 85.8 Å². The van der Waals surface area contributed by atoms with Gasteiger partial charge in [0.25, 0.3) is 5.91 Å². The first-order valence-electron chi connectivity index (χ1n) is 7.42.